The molecular formula is C20H24N2O3. The number of hydrogen-bond acceptors (Lipinski definition) is 5. The zero-order valence-electron chi connectivity index (χ0n) is 14.9. The van der Waals surface area contributed by atoms with Crippen LogP contribution in [0.15, 0.2) is 30.5 Å². The number of aldehydes is 1. The number of nitrogens with one attached hydrogen (secondary N) is 1. The van der Waals surface area contributed by atoms with Crippen LogP contribution in [0.2, 0.25) is 0 Å². The van der Waals surface area contributed by atoms with Crippen LogP contribution in [0.4, 0.5) is 5.82 Å². The quantitative estimate of drug-likeness (QED) is 0.794. The Morgan fingerprint density at radius 3 is 2.96 bits per heavy atom. The molecule has 2 heterocycles. The molecule has 2 aromatic rings. The van der Waals surface area contributed by atoms with Gasteiger partial charge < -0.3 is 19.6 Å². The molecule has 2 aliphatic rings. The Labute approximate surface area is 148 Å². The molecule has 0 amide bonds. The monoisotopic (exact) mass is 340 g/mol. The number of carbonyl (C=O) groups is 1. The van der Waals surface area contributed by atoms with Crippen LogP contribution >= 0.6 is 0 Å². The van der Waals surface area contributed by atoms with Gasteiger partial charge in [-0.2, -0.15) is 0 Å². The van der Waals surface area contributed by atoms with Crippen LogP contribution in [-0.2, 0) is 11.2 Å². The van der Waals surface area contributed by atoms with Crippen LogP contribution in [0, 0.1) is 0 Å². The molecule has 0 spiro atoms. The van der Waals surface area contributed by atoms with Gasteiger partial charge >= 0.3 is 0 Å². The summed E-state index contributed by atoms with van der Waals surface area (Å²) in [5, 5.41) is 3.06. The molecule has 132 valence electrons. The van der Waals surface area contributed by atoms with E-state index in [0.29, 0.717) is 24.9 Å². The van der Waals surface area contributed by atoms with E-state index in [9.17, 15) is 4.79 Å². The van der Waals surface area contributed by atoms with E-state index in [1.54, 1.807) is 6.20 Å². The minimum absolute atomic E-state index is 0.375. The second-order valence-corrected chi connectivity index (χ2v) is 5.89. The van der Waals surface area contributed by atoms with Crippen molar-refractivity contribution in [3.63, 3.8) is 0 Å². The highest BCUT2D eigenvalue weighted by Crippen LogP contribution is 2.54. The summed E-state index contributed by atoms with van der Waals surface area (Å²) in [6.45, 7) is 4.00. The first-order valence-electron chi connectivity index (χ1n) is 8.88. The highest BCUT2D eigenvalue weighted by atomic mass is 16.5. The van der Waals surface area contributed by atoms with Gasteiger partial charge in [0.1, 0.15) is 35.5 Å². The van der Waals surface area contributed by atoms with Gasteiger partial charge in [-0.05, 0) is 37.1 Å². The number of anilines is 1. The summed E-state index contributed by atoms with van der Waals surface area (Å²) in [6.07, 6.45) is 5.15. The molecular weight excluding hydrogens is 316 g/mol. The highest BCUT2D eigenvalue weighted by Gasteiger charge is 2.48. The molecule has 1 aromatic carbocycles. The maximum absolute atomic E-state index is 10.7. The average molecular weight is 340 g/mol. The molecule has 2 unspecified atom stereocenters. The molecule has 1 N–H and O–H groups in total. The Hall–Kier alpha value is -2.56. The third-order valence-electron chi connectivity index (χ3n) is 4.38. The fraction of sp³-hybridized carbons (Fsp3) is 0.400. The molecule has 1 aliphatic heterocycles. The number of aromatic nitrogens is 1. The molecule has 2 atom stereocenters. The summed E-state index contributed by atoms with van der Waals surface area (Å²) in [4.78, 5) is 15.0. The molecule has 1 aromatic heterocycles. The van der Waals surface area contributed by atoms with E-state index in [-0.39, 0.29) is 0 Å². The summed E-state index contributed by atoms with van der Waals surface area (Å²) in [5.74, 6) is 3.79. The number of nitrogens with zero attached hydrogens (tertiary/aromatic N) is 1. The van der Waals surface area contributed by atoms with Gasteiger partial charge in [-0.1, -0.05) is 13.8 Å². The molecule has 25 heavy (non-hydrogen) atoms. The molecule has 0 saturated heterocycles. The lowest BCUT2D eigenvalue weighted by atomic mass is 10.1. The largest absolute Gasteiger partial charge is 0.489 e. The summed E-state index contributed by atoms with van der Waals surface area (Å²) >= 11 is 0. The average Bonchev–Trinajstić information content (AvgIpc) is 3.34. The minimum atomic E-state index is 0.375. The van der Waals surface area contributed by atoms with Gasteiger partial charge in [0, 0.05) is 36.7 Å². The molecule has 5 heteroatoms. The van der Waals surface area contributed by atoms with E-state index in [1.807, 2.05) is 39.1 Å². The van der Waals surface area contributed by atoms with Crippen molar-refractivity contribution >= 4 is 12.1 Å². The first kappa shape index (κ1) is 17.3. The predicted octanol–water partition coefficient (Wildman–Crippen LogP) is 4.32. The molecule has 1 fully saturated rings. The van der Waals surface area contributed by atoms with Crippen LogP contribution in [0.3, 0.4) is 0 Å². The van der Waals surface area contributed by atoms with Gasteiger partial charge in [0.05, 0.1) is 0 Å². The van der Waals surface area contributed by atoms with Crippen molar-refractivity contribution in [3.8, 4) is 17.2 Å². The Bertz CT molecular complexity index is 761. The molecule has 5 nitrogen and oxygen atoms in total. The molecule has 4 rings (SSSR count). The molecule has 1 aliphatic carbocycles. The Morgan fingerprint density at radius 2 is 2.20 bits per heavy atom. The predicted molar refractivity (Wildman–Crippen MR) is 97.8 cm³/mol. The van der Waals surface area contributed by atoms with Crippen molar-refractivity contribution in [1.29, 1.82) is 0 Å². The highest BCUT2D eigenvalue weighted by molar-refractivity contribution is 5.57. The Balaban J connectivity index is 0.000000880. The molecule has 0 bridgehead atoms. The standard InChI is InChI=1S/C18H18N2O3.C2H6/c1-19-18-12(3-2-8-21)16(6-7-20-18)22-11-4-5-15-13(9-11)14-10-17(14)23-15;1-2/h4-9,14,17H,2-3,10H2,1H3,(H,19,20);1-2H3. The van der Waals surface area contributed by atoms with Gasteiger partial charge in [0.25, 0.3) is 0 Å². The van der Waals surface area contributed by atoms with E-state index in [1.165, 1.54) is 5.56 Å². The third-order valence-corrected chi connectivity index (χ3v) is 4.38. The van der Waals surface area contributed by atoms with E-state index < -0.39 is 0 Å². The summed E-state index contributed by atoms with van der Waals surface area (Å²) in [6, 6.07) is 7.80. The van der Waals surface area contributed by atoms with Crippen molar-refractivity contribution in [3.05, 3.63) is 41.6 Å². The molecule has 0 radical (unpaired) electrons. The molecule has 1 saturated carbocycles. The van der Waals surface area contributed by atoms with Crippen molar-refractivity contribution in [2.45, 2.75) is 45.1 Å². The van der Waals surface area contributed by atoms with Gasteiger partial charge in [-0.25, -0.2) is 4.98 Å². The number of ether oxygens (including phenoxy) is 2. The SMILES string of the molecule is CC.CNc1nccc(Oc2ccc3c(c2)C2CC2O3)c1CCC=O. The van der Waals surface area contributed by atoms with E-state index >= 15 is 0 Å². The smallest absolute Gasteiger partial charge is 0.135 e. The van der Waals surface area contributed by atoms with E-state index in [4.69, 9.17) is 9.47 Å². The van der Waals surface area contributed by atoms with E-state index in [0.717, 1.165) is 41.3 Å². The lowest BCUT2D eigenvalue weighted by Crippen LogP contribution is -2.02. The second-order valence-electron chi connectivity index (χ2n) is 5.89. The van der Waals surface area contributed by atoms with Crippen molar-refractivity contribution < 1.29 is 14.3 Å². The van der Waals surface area contributed by atoms with E-state index in [2.05, 4.69) is 16.4 Å². The van der Waals surface area contributed by atoms with Gasteiger partial charge in [0.15, 0.2) is 0 Å². The van der Waals surface area contributed by atoms with Crippen molar-refractivity contribution in [1.82, 2.24) is 4.98 Å². The fourth-order valence-electron chi connectivity index (χ4n) is 3.14. The topological polar surface area (TPSA) is 60.5 Å². The number of hydrogen-bond donors (Lipinski definition) is 1. The maximum atomic E-state index is 10.7. The van der Waals surface area contributed by atoms with Crippen LogP contribution in [0.5, 0.6) is 17.2 Å². The normalized spacial score (nSPS) is 18.8. The van der Waals surface area contributed by atoms with Gasteiger partial charge in [0.2, 0.25) is 0 Å². The number of benzene rings is 1. The lowest BCUT2D eigenvalue weighted by molar-refractivity contribution is -0.107. The van der Waals surface area contributed by atoms with Gasteiger partial charge in [-0.3, -0.25) is 0 Å². The number of rotatable bonds is 6. The maximum Gasteiger partial charge on any atom is 0.135 e. The lowest BCUT2D eigenvalue weighted by Gasteiger charge is -2.14. The zero-order valence-corrected chi connectivity index (χ0v) is 14.9. The summed E-state index contributed by atoms with van der Waals surface area (Å²) in [5.41, 5.74) is 2.16. The number of fused-ring (bicyclic) bond motifs is 3. The minimum Gasteiger partial charge on any atom is -0.489 e. The van der Waals surface area contributed by atoms with Crippen molar-refractivity contribution in [2.75, 3.05) is 12.4 Å². The Kier molecular flexibility index (Phi) is 5.22. The number of pyridine rings is 1. The fourth-order valence-corrected chi connectivity index (χ4v) is 3.14. The Morgan fingerprint density at radius 1 is 1.36 bits per heavy atom. The van der Waals surface area contributed by atoms with Crippen molar-refractivity contribution in [2.24, 2.45) is 0 Å². The number of carbonyl (C=O) groups excluding carboxylic acids is 1. The van der Waals surface area contributed by atoms with Crippen LogP contribution in [0.1, 0.15) is 43.7 Å². The first-order valence-corrected chi connectivity index (χ1v) is 8.88. The third kappa shape index (κ3) is 3.45. The zero-order chi connectivity index (χ0) is 17.8. The first-order chi connectivity index (χ1) is 12.3. The van der Waals surface area contributed by atoms with Crippen LogP contribution < -0.4 is 14.8 Å². The second kappa shape index (κ2) is 7.55. The summed E-state index contributed by atoms with van der Waals surface area (Å²) in [7, 11) is 1.82. The van der Waals surface area contributed by atoms with Gasteiger partial charge in [-0.15, -0.1) is 0 Å². The van der Waals surface area contributed by atoms with Crippen LogP contribution in [-0.4, -0.2) is 24.4 Å². The summed E-state index contributed by atoms with van der Waals surface area (Å²) < 4.78 is 11.9. The van der Waals surface area contributed by atoms with Crippen LogP contribution in [0.25, 0.3) is 0 Å².